The lowest BCUT2D eigenvalue weighted by Crippen LogP contribution is -2.32. The van der Waals surface area contributed by atoms with E-state index in [4.69, 9.17) is 9.47 Å². The number of esters is 1. The summed E-state index contributed by atoms with van der Waals surface area (Å²) in [6.07, 6.45) is 2.37. The quantitative estimate of drug-likeness (QED) is 0.150. The molecule has 1 aliphatic heterocycles. The molecule has 2 heterocycles. The van der Waals surface area contributed by atoms with Crippen LogP contribution in [0.25, 0.3) is 27.9 Å². The zero-order valence-corrected chi connectivity index (χ0v) is 23.6. The highest BCUT2D eigenvalue weighted by atomic mass is 16.5. The number of aromatic nitrogens is 1. The molecule has 1 saturated heterocycles. The maximum atomic E-state index is 13.7. The van der Waals surface area contributed by atoms with Gasteiger partial charge in [-0.1, -0.05) is 66.7 Å². The van der Waals surface area contributed by atoms with Gasteiger partial charge in [0.25, 0.3) is 5.91 Å². The predicted molar refractivity (Wildman–Crippen MR) is 166 cm³/mol. The van der Waals surface area contributed by atoms with Crippen LogP contribution in [0.3, 0.4) is 0 Å². The van der Waals surface area contributed by atoms with E-state index in [1.165, 1.54) is 10.4 Å². The van der Waals surface area contributed by atoms with E-state index in [-0.39, 0.29) is 24.3 Å². The molecule has 0 radical (unpaired) electrons. The van der Waals surface area contributed by atoms with Crippen molar-refractivity contribution in [3.8, 4) is 0 Å². The molecule has 0 saturated carbocycles. The second-order valence-electron chi connectivity index (χ2n) is 9.97. The second kappa shape index (κ2) is 11.7. The molecular weight excluding hydrogens is 526 g/mol. The molecule has 0 atom stereocenters. The van der Waals surface area contributed by atoms with Crippen LogP contribution >= 0.6 is 0 Å². The Morgan fingerprint density at radius 2 is 1.62 bits per heavy atom. The van der Waals surface area contributed by atoms with Gasteiger partial charge in [0.05, 0.1) is 17.9 Å². The summed E-state index contributed by atoms with van der Waals surface area (Å²) in [6, 6.07) is 31.5. The summed E-state index contributed by atoms with van der Waals surface area (Å²) in [5.74, 6) is -0.587. The normalized spacial score (nSPS) is 15.2. The average molecular weight is 558 g/mol. The van der Waals surface area contributed by atoms with Crippen LogP contribution in [0.5, 0.6) is 0 Å². The number of amidine groups is 1. The Balaban J connectivity index is 1.39. The van der Waals surface area contributed by atoms with E-state index >= 15 is 0 Å². The van der Waals surface area contributed by atoms with Crippen LogP contribution in [-0.4, -0.2) is 40.5 Å². The molecule has 7 heteroatoms. The number of nitrogens with zero attached hydrogens (tertiary/aromatic N) is 3. The van der Waals surface area contributed by atoms with E-state index < -0.39 is 5.97 Å². The van der Waals surface area contributed by atoms with Crippen molar-refractivity contribution in [2.24, 2.45) is 4.99 Å². The second-order valence-corrected chi connectivity index (χ2v) is 9.97. The minimum atomic E-state index is -0.479. The van der Waals surface area contributed by atoms with Crippen molar-refractivity contribution in [2.75, 3.05) is 13.2 Å². The molecule has 4 aromatic carbocycles. The summed E-state index contributed by atoms with van der Waals surface area (Å²) in [5, 5.41) is 2.28. The molecular formula is C35H31N3O4. The maximum absolute atomic E-state index is 13.7. The van der Waals surface area contributed by atoms with Crippen LogP contribution in [0.15, 0.2) is 108 Å². The number of carbonyl (C=O) groups excluding carboxylic acids is 2. The summed E-state index contributed by atoms with van der Waals surface area (Å²) in [6.45, 7) is 5.36. The number of hydrogen-bond acceptors (Lipinski definition) is 5. The molecule has 1 amide bonds. The molecule has 0 N–H and O–H groups in total. The van der Waals surface area contributed by atoms with E-state index in [1.54, 1.807) is 37.3 Å². The predicted octanol–water partition coefficient (Wildman–Crippen LogP) is 7.12. The van der Waals surface area contributed by atoms with Crippen molar-refractivity contribution in [3.63, 3.8) is 0 Å². The van der Waals surface area contributed by atoms with Crippen LogP contribution in [-0.2, 0) is 27.2 Å². The van der Waals surface area contributed by atoms with Crippen molar-refractivity contribution >= 4 is 51.5 Å². The zero-order valence-electron chi connectivity index (χ0n) is 23.6. The number of ether oxygens (including phenoxy) is 2. The van der Waals surface area contributed by atoms with Gasteiger partial charge in [-0.25, -0.2) is 4.79 Å². The van der Waals surface area contributed by atoms with Crippen LogP contribution in [0.4, 0.5) is 5.69 Å². The molecule has 0 bridgehead atoms. The van der Waals surface area contributed by atoms with Gasteiger partial charge in [-0.2, -0.15) is 4.99 Å². The summed E-state index contributed by atoms with van der Waals surface area (Å²) in [5.41, 5.74) is 4.93. The summed E-state index contributed by atoms with van der Waals surface area (Å²) >= 11 is 0. The molecule has 5 aromatic rings. The molecule has 210 valence electrons. The zero-order chi connectivity index (χ0) is 29.1. The van der Waals surface area contributed by atoms with E-state index in [0.29, 0.717) is 24.2 Å². The molecule has 6 rings (SSSR count). The van der Waals surface area contributed by atoms with Crippen LogP contribution in [0.1, 0.15) is 35.3 Å². The first-order chi connectivity index (χ1) is 20.6. The van der Waals surface area contributed by atoms with E-state index in [9.17, 15) is 9.59 Å². The fourth-order valence-electron chi connectivity index (χ4n) is 5.38. The van der Waals surface area contributed by atoms with Crippen molar-refractivity contribution in [2.45, 2.75) is 26.8 Å². The summed E-state index contributed by atoms with van der Waals surface area (Å²) in [7, 11) is 0. The topological polar surface area (TPSA) is 73.1 Å². The van der Waals surface area contributed by atoms with Crippen molar-refractivity contribution in [1.29, 1.82) is 0 Å². The molecule has 0 unspecified atom stereocenters. The monoisotopic (exact) mass is 557 g/mol. The van der Waals surface area contributed by atoms with Gasteiger partial charge >= 0.3 is 12.0 Å². The van der Waals surface area contributed by atoms with Gasteiger partial charge in [0.1, 0.15) is 0 Å². The minimum absolute atomic E-state index is 0.127. The number of benzene rings is 4. The molecule has 1 aliphatic rings. The Labute approximate surface area is 244 Å². The Hall–Kier alpha value is -5.17. The number of para-hydroxylation sites is 2. The largest absolute Gasteiger partial charge is 0.462 e. The van der Waals surface area contributed by atoms with Gasteiger partial charge in [-0.05, 0) is 67.8 Å². The Morgan fingerprint density at radius 3 is 2.43 bits per heavy atom. The number of hydrogen-bond donors (Lipinski definition) is 0. The van der Waals surface area contributed by atoms with E-state index in [1.807, 2.05) is 48.5 Å². The third-order valence-electron chi connectivity index (χ3n) is 7.38. The highest BCUT2D eigenvalue weighted by Crippen LogP contribution is 2.31. The fourth-order valence-corrected chi connectivity index (χ4v) is 5.38. The van der Waals surface area contributed by atoms with Crippen LogP contribution in [0, 0.1) is 0 Å². The Bertz CT molecular complexity index is 1850. The number of aliphatic imine (C=N–C) groups is 1. The maximum Gasteiger partial charge on any atom is 0.340 e. The average Bonchev–Trinajstić information content (AvgIpc) is 3.49. The third-order valence-corrected chi connectivity index (χ3v) is 7.38. The standard InChI is InChI=1S/C35H31N3O4/c1-3-37-30-17-11-9-14-26(30)28-22-25(18-19-31(28)37)23-32-33(39)38(21-20-24-12-6-5-7-13-24)35(42-32)36-29-16-10-8-15-27(29)34(40)41-4-2/h5-19,22-23H,3-4,20-21H2,1-2H3/b32-23+,36-35?. The first-order valence-corrected chi connectivity index (χ1v) is 14.2. The molecule has 7 nitrogen and oxygen atoms in total. The van der Waals surface area contributed by atoms with E-state index in [0.717, 1.165) is 34.0 Å². The lowest BCUT2D eigenvalue weighted by atomic mass is 10.1. The molecule has 42 heavy (non-hydrogen) atoms. The van der Waals surface area contributed by atoms with Gasteiger partial charge in [-0.3, -0.25) is 9.69 Å². The molecule has 1 aromatic heterocycles. The smallest absolute Gasteiger partial charge is 0.340 e. The van der Waals surface area contributed by atoms with Crippen LogP contribution < -0.4 is 0 Å². The number of amides is 1. The molecule has 0 aliphatic carbocycles. The number of aryl methyl sites for hydroxylation is 1. The number of carbonyl (C=O) groups is 2. The summed E-state index contributed by atoms with van der Waals surface area (Å²) < 4.78 is 13.6. The molecule has 0 spiro atoms. The summed E-state index contributed by atoms with van der Waals surface area (Å²) in [4.78, 5) is 32.5. The van der Waals surface area contributed by atoms with E-state index in [2.05, 4.69) is 40.7 Å². The minimum Gasteiger partial charge on any atom is -0.462 e. The first-order valence-electron chi connectivity index (χ1n) is 14.2. The lowest BCUT2D eigenvalue weighted by molar-refractivity contribution is -0.122. The van der Waals surface area contributed by atoms with Gasteiger partial charge in [-0.15, -0.1) is 0 Å². The Kier molecular flexibility index (Phi) is 7.56. The van der Waals surface area contributed by atoms with Crippen molar-refractivity contribution in [3.05, 3.63) is 120 Å². The van der Waals surface area contributed by atoms with Crippen molar-refractivity contribution in [1.82, 2.24) is 9.47 Å². The highest BCUT2D eigenvalue weighted by molar-refractivity contribution is 6.13. The van der Waals surface area contributed by atoms with Gasteiger partial charge < -0.3 is 14.0 Å². The highest BCUT2D eigenvalue weighted by Gasteiger charge is 2.35. The first kappa shape index (κ1) is 27.0. The van der Waals surface area contributed by atoms with Gasteiger partial charge in [0, 0.05) is 34.9 Å². The van der Waals surface area contributed by atoms with Crippen molar-refractivity contribution < 1.29 is 19.1 Å². The Morgan fingerprint density at radius 1 is 0.881 bits per heavy atom. The van der Waals surface area contributed by atoms with Crippen LogP contribution in [0.2, 0.25) is 0 Å². The van der Waals surface area contributed by atoms with Gasteiger partial charge in [0.2, 0.25) is 0 Å². The molecule has 1 fully saturated rings. The number of rotatable bonds is 8. The number of fused-ring (bicyclic) bond motifs is 3. The van der Waals surface area contributed by atoms with Gasteiger partial charge in [0.15, 0.2) is 5.76 Å². The fraction of sp³-hybridized carbons (Fsp3) is 0.171. The third kappa shape index (κ3) is 5.17. The SMILES string of the molecule is CCOC(=O)c1ccccc1N=C1O/C(=C/c2ccc3c(c2)c2ccccc2n3CC)C(=O)N1CCc1ccccc1. The lowest BCUT2D eigenvalue weighted by Gasteiger charge is -2.14.